The van der Waals surface area contributed by atoms with Gasteiger partial charge < -0.3 is 5.32 Å². The third-order valence-corrected chi connectivity index (χ3v) is 6.82. The number of carbonyl (C=O) groups is 1. The highest BCUT2D eigenvalue weighted by molar-refractivity contribution is 7.99. The molecule has 0 bridgehead atoms. The van der Waals surface area contributed by atoms with Gasteiger partial charge in [0.1, 0.15) is 5.82 Å². The molecule has 2 heterocycles. The normalized spacial score (nSPS) is 13.3. The van der Waals surface area contributed by atoms with Crippen LogP contribution in [0.1, 0.15) is 24.4 Å². The summed E-state index contributed by atoms with van der Waals surface area (Å²) >= 11 is 2.69. The second-order valence-corrected chi connectivity index (χ2v) is 9.43. The first-order valence-corrected chi connectivity index (χ1v) is 12.1. The van der Waals surface area contributed by atoms with Crippen molar-refractivity contribution in [3.8, 4) is 22.6 Å². The zero-order valence-electron chi connectivity index (χ0n) is 17.3. The largest absolute Gasteiger partial charge is 0.301 e. The van der Waals surface area contributed by atoms with E-state index in [0.29, 0.717) is 21.7 Å². The third kappa shape index (κ3) is 4.44. The van der Waals surface area contributed by atoms with Crippen LogP contribution in [0.4, 0.5) is 9.52 Å². The van der Waals surface area contributed by atoms with Crippen LogP contribution in [-0.4, -0.2) is 31.4 Å². The number of nitrogens with one attached hydrogen (secondary N) is 1. The maximum absolute atomic E-state index is 14.3. The Labute approximate surface area is 192 Å². The van der Waals surface area contributed by atoms with Crippen LogP contribution in [0.5, 0.6) is 0 Å². The number of rotatable bonds is 7. The number of aromatic nitrogens is 4. The molecule has 1 N–H and O–H groups in total. The molecule has 6 nitrogen and oxygen atoms in total. The Bertz CT molecular complexity index is 1260. The minimum Gasteiger partial charge on any atom is -0.301 e. The summed E-state index contributed by atoms with van der Waals surface area (Å²) in [6.45, 7) is 2.04. The van der Waals surface area contributed by atoms with Crippen molar-refractivity contribution in [2.45, 2.75) is 31.0 Å². The number of aryl methyl sites for hydroxylation is 1. The van der Waals surface area contributed by atoms with Crippen molar-refractivity contribution in [2.75, 3.05) is 11.1 Å². The van der Waals surface area contributed by atoms with Gasteiger partial charge in [0.2, 0.25) is 5.91 Å². The maximum Gasteiger partial charge on any atom is 0.236 e. The summed E-state index contributed by atoms with van der Waals surface area (Å²) in [4.78, 5) is 17.0. The van der Waals surface area contributed by atoms with Gasteiger partial charge in [0.15, 0.2) is 16.1 Å². The Morgan fingerprint density at radius 1 is 1.19 bits per heavy atom. The van der Waals surface area contributed by atoms with Gasteiger partial charge in [-0.1, -0.05) is 53.7 Å². The number of halogens is 1. The Balaban J connectivity index is 1.26. The van der Waals surface area contributed by atoms with Crippen molar-refractivity contribution >= 4 is 34.1 Å². The zero-order valence-corrected chi connectivity index (χ0v) is 18.9. The van der Waals surface area contributed by atoms with Gasteiger partial charge in [-0.25, -0.2) is 9.37 Å². The van der Waals surface area contributed by atoms with Gasteiger partial charge in [0, 0.05) is 17.0 Å². The average Bonchev–Trinajstić information content (AvgIpc) is 3.37. The molecule has 0 atom stereocenters. The molecule has 1 fully saturated rings. The van der Waals surface area contributed by atoms with Crippen molar-refractivity contribution in [2.24, 2.45) is 0 Å². The lowest BCUT2D eigenvalue weighted by Gasteiger charge is -2.09. The summed E-state index contributed by atoms with van der Waals surface area (Å²) in [5.41, 5.74) is 3.46. The molecule has 0 unspecified atom stereocenters. The summed E-state index contributed by atoms with van der Waals surface area (Å²) in [6.07, 6.45) is 2.00. The maximum atomic E-state index is 14.3. The number of thioether (sulfide) groups is 1. The monoisotopic (exact) mass is 465 g/mol. The Kier molecular flexibility index (Phi) is 5.75. The summed E-state index contributed by atoms with van der Waals surface area (Å²) in [6, 6.07) is 14.9. The summed E-state index contributed by atoms with van der Waals surface area (Å²) in [7, 11) is 0. The zero-order chi connectivity index (χ0) is 22.1. The topological polar surface area (TPSA) is 72.7 Å². The summed E-state index contributed by atoms with van der Waals surface area (Å²) in [5, 5.41) is 14.4. The van der Waals surface area contributed by atoms with Crippen LogP contribution in [0.15, 0.2) is 59.1 Å². The first-order chi connectivity index (χ1) is 15.6. The smallest absolute Gasteiger partial charge is 0.236 e. The lowest BCUT2D eigenvalue weighted by atomic mass is 10.1. The Hall–Kier alpha value is -3.04. The van der Waals surface area contributed by atoms with Crippen LogP contribution >= 0.6 is 23.1 Å². The fraction of sp³-hybridized carbons (Fsp3) is 0.217. The molecule has 1 aliphatic carbocycles. The van der Waals surface area contributed by atoms with E-state index in [1.165, 1.54) is 34.7 Å². The Morgan fingerprint density at radius 2 is 1.97 bits per heavy atom. The fourth-order valence-electron chi connectivity index (χ4n) is 3.34. The van der Waals surface area contributed by atoms with Crippen LogP contribution in [0.3, 0.4) is 0 Å². The number of anilines is 1. The minimum atomic E-state index is -0.329. The van der Waals surface area contributed by atoms with Gasteiger partial charge in [0.25, 0.3) is 0 Å². The molecule has 162 valence electrons. The standard InChI is InChI=1S/C23H20FN5OS2/c1-14-6-8-15(9-7-14)19-12-31-22(25-19)26-20(30)13-32-23-28-27-21(29(23)16-10-11-16)17-4-2-3-5-18(17)24/h2-9,12,16H,10-11,13H2,1H3,(H,25,26,30). The lowest BCUT2D eigenvalue weighted by Crippen LogP contribution is -2.14. The fourth-order valence-corrected chi connectivity index (χ4v) is 4.88. The van der Waals surface area contributed by atoms with Gasteiger partial charge in [0.05, 0.1) is 17.0 Å². The van der Waals surface area contributed by atoms with E-state index in [1.54, 1.807) is 18.2 Å². The molecule has 0 radical (unpaired) electrons. The molecule has 32 heavy (non-hydrogen) atoms. The highest BCUT2D eigenvalue weighted by Crippen LogP contribution is 2.41. The molecule has 2 aromatic carbocycles. The SMILES string of the molecule is Cc1ccc(-c2csc(NC(=O)CSc3nnc(-c4ccccc4F)n3C3CC3)n2)cc1. The minimum absolute atomic E-state index is 0.168. The van der Waals surface area contributed by atoms with Crippen molar-refractivity contribution in [3.63, 3.8) is 0 Å². The lowest BCUT2D eigenvalue weighted by molar-refractivity contribution is -0.113. The molecule has 0 saturated heterocycles. The number of carbonyl (C=O) groups excluding carboxylic acids is 1. The molecule has 1 aliphatic rings. The summed E-state index contributed by atoms with van der Waals surface area (Å²) < 4.78 is 16.2. The number of benzene rings is 2. The second-order valence-electron chi connectivity index (χ2n) is 7.63. The quantitative estimate of drug-likeness (QED) is 0.361. The summed E-state index contributed by atoms with van der Waals surface area (Å²) in [5.74, 6) is 0.180. The predicted molar refractivity (Wildman–Crippen MR) is 125 cm³/mol. The van der Waals surface area contributed by atoms with Gasteiger partial charge in [-0.15, -0.1) is 21.5 Å². The Morgan fingerprint density at radius 3 is 2.72 bits per heavy atom. The van der Waals surface area contributed by atoms with Crippen molar-refractivity contribution in [3.05, 3.63) is 65.3 Å². The molecule has 9 heteroatoms. The molecule has 0 aliphatic heterocycles. The van der Waals surface area contributed by atoms with Gasteiger partial charge >= 0.3 is 0 Å². The highest BCUT2D eigenvalue weighted by atomic mass is 32.2. The molecule has 2 aromatic heterocycles. The van der Waals surface area contributed by atoms with Crippen molar-refractivity contribution in [1.29, 1.82) is 0 Å². The number of hydrogen-bond acceptors (Lipinski definition) is 6. The van der Waals surface area contributed by atoms with E-state index in [-0.39, 0.29) is 23.5 Å². The van der Waals surface area contributed by atoms with E-state index in [2.05, 4.69) is 20.5 Å². The van der Waals surface area contributed by atoms with E-state index in [4.69, 9.17) is 0 Å². The molecular weight excluding hydrogens is 445 g/mol. The molecule has 1 amide bonds. The van der Waals surface area contributed by atoms with Gasteiger partial charge in [-0.05, 0) is 31.9 Å². The van der Waals surface area contributed by atoms with E-state index in [9.17, 15) is 9.18 Å². The molecule has 5 rings (SSSR count). The second kappa shape index (κ2) is 8.84. The van der Waals surface area contributed by atoms with Crippen molar-refractivity contribution < 1.29 is 9.18 Å². The predicted octanol–water partition coefficient (Wildman–Crippen LogP) is 5.58. The first kappa shape index (κ1) is 20.8. The number of thiazole rings is 1. The van der Waals surface area contributed by atoms with Crippen LogP contribution in [-0.2, 0) is 4.79 Å². The van der Waals surface area contributed by atoms with Crippen molar-refractivity contribution in [1.82, 2.24) is 19.7 Å². The van der Waals surface area contributed by atoms with E-state index >= 15 is 0 Å². The van der Waals surface area contributed by atoms with Gasteiger partial charge in [-0.2, -0.15) is 0 Å². The average molecular weight is 466 g/mol. The molecule has 1 saturated carbocycles. The number of amides is 1. The van der Waals surface area contributed by atoms with Crippen LogP contribution in [0, 0.1) is 12.7 Å². The number of hydrogen-bond donors (Lipinski definition) is 1. The highest BCUT2D eigenvalue weighted by Gasteiger charge is 2.31. The number of nitrogens with zero attached hydrogens (tertiary/aromatic N) is 4. The molecular formula is C23H20FN5OS2. The van der Waals surface area contributed by atoms with E-state index < -0.39 is 0 Å². The van der Waals surface area contributed by atoms with Crippen LogP contribution in [0.25, 0.3) is 22.6 Å². The molecule has 4 aromatic rings. The van der Waals surface area contributed by atoms with E-state index in [0.717, 1.165) is 24.1 Å². The van der Waals surface area contributed by atoms with Crippen LogP contribution in [0.2, 0.25) is 0 Å². The first-order valence-electron chi connectivity index (χ1n) is 10.2. The third-order valence-electron chi connectivity index (χ3n) is 5.12. The van der Waals surface area contributed by atoms with E-state index in [1.807, 2.05) is 41.1 Å². The molecule has 0 spiro atoms. The van der Waals surface area contributed by atoms with Crippen LogP contribution < -0.4 is 5.32 Å². The van der Waals surface area contributed by atoms with Gasteiger partial charge in [-0.3, -0.25) is 9.36 Å².